The van der Waals surface area contributed by atoms with Crippen LogP contribution in [-0.2, 0) is 12.8 Å². The van der Waals surface area contributed by atoms with Crippen LogP contribution in [0.1, 0.15) is 10.4 Å². The maximum absolute atomic E-state index is 5.63. The molecule has 0 unspecified atom stereocenters. The maximum atomic E-state index is 5.63. The van der Waals surface area contributed by atoms with E-state index in [-0.39, 0.29) is 0 Å². The first kappa shape index (κ1) is 16.8. The zero-order valence-corrected chi connectivity index (χ0v) is 17.2. The van der Waals surface area contributed by atoms with Gasteiger partial charge in [-0.2, -0.15) is 0 Å². The second-order valence-corrected chi connectivity index (χ2v) is 8.48. The predicted molar refractivity (Wildman–Crippen MR) is 116 cm³/mol. The van der Waals surface area contributed by atoms with Crippen LogP contribution in [-0.4, -0.2) is 12.1 Å². The van der Waals surface area contributed by atoms with Crippen molar-refractivity contribution in [1.29, 1.82) is 0 Å². The van der Waals surface area contributed by atoms with Crippen LogP contribution >= 0.6 is 27.3 Å². The summed E-state index contributed by atoms with van der Waals surface area (Å²) < 4.78 is 6.76. The third-order valence-corrected chi connectivity index (χ3v) is 6.78. The van der Waals surface area contributed by atoms with Gasteiger partial charge < -0.3 is 10.1 Å². The highest BCUT2D eigenvalue weighted by Crippen LogP contribution is 2.45. The number of thiazole rings is 1. The van der Waals surface area contributed by atoms with E-state index in [1.54, 1.807) is 18.4 Å². The molecule has 1 N–H and O–H groups in total. The Morgan fingerprint density at radius 1 is 1.04 bits per heavy atom. The molecule has 1 heterocycles. The Morgan fingerprint density at radius 3 is 2.78 bits per heavy atom. The van der Waals surface area contributed by atoms with E-state index in [0.717, 1.165) is 45.1 Å². The molecule has 5 heteroatoms. The summed E-state index contributed by atoms with van der Waals surface area (Å²) in [5.41, 5.74) is 4.53. The van der Waals surface area contributed by atoms with Gasteiger partial charge in [-0.25, -0.2) is 4.98 Å². The Kier molecular flexibility index (Phi) is 4.14. The fourth-order valence-electron chi connectivity index (χ4n) is 3.73. The minimum Gasteiger partial charge on any atom is -0.496 e. The summed E-state index contributed by atoms with van der Waals surface area (Å²) >= 11 is 5.42. The molecule has 134 valence electrons. The third kappa shape index (κ3) is 2.82. The number of anilines is 2. The summed E-state index contributed by atoms with van der Waals surface area (Å²) in [6.07, 6.45) is 2.00. The number of hydrogen-bond acceptors (Lipinski definition) is 4. The number of hydrogen-bond donors (Lipinski definition) is 1. The smallest absolute Gasteiger partial charge is 0.187 e. The molecular weight excluding hydrogens is 420 g/mol. The van der Waals surface area contributed by atoms with E-state index < -0.39 is 0 Å². The Morgan fingerprint density at radius 2 is 1.89 bits per heavy atom. The zero-order valence-electron chi connectivity index (χ0n) is 14.8. The summed E-state index contributed by atoms with van der Waals surface area (Å²) in [4.78, 5) is 6.26. The van der Waals surface area contributed by atoms with Crippen molar-refractivity contribution in [2.24, 2.45) is 0 Å². The van der Waals surface area contributed by atoms with Gasteiger partial charge in [0.2, 0.25) is 0 Å². The molecule has 0 spiro atoms. The van der Waals surface area contributed by atoms with Crippen LogP contribution in [0.2, 0.25) is 0 Å². The molecule has 0 aliphatic heterocycles. The highest BCUT2D eigenvalue weighted by molar-refractivity contribution is 9.10. The summed E-state index contributed by atoms with van der Waals surface area (Å²) in [7, 11) is 1.72. The number of aromatic nitrogens is 1. The van der Waals surface area contributed by atoms with Crippen molar-refractivity contribution in [3.63, 3.8) is 0 Å². The number of fused-ring (bicyclic) bond motifs is 4. The van der Waals surface area contributed by atoms with E-state index in [2.05, 4.69) is 69.8 Å². The molecule has 0 radical (unpaired) electrons. The Hall–Kier alpha value is -2.37. The van der Waals surface area contributed by atoms with E-state index in [1.807, 2.05) is 6.07 Å². The van der Waals surface area contributed by atoms with E-state index >= 15 is 0 Å². The molecule has 0 fully saturated rings. The number of ether oxygens (including phenoxy) is 1. The molecular formula is C22H17BrN2OS. The Bertz CT molecular complexity index is 1160. The molecule has 3 nitrogen and oxygen atoms in total. The van der Waals surface area contributed by atoms with Gasteiger partial charge in [0.25, 0.3) is 0 Å². The summed E-state index contributed by atoms with van der Waals surface area (Å²) in [5, 5.41) is 6.89. The molecule has 27 heavy (non-hydrogen) atoms. The van der Waals surface area contributed by atoms with Gasteiger partial charge >= 0.3 is 0 Å². The van der Waals surface area contributed by atoms with Gasteiger partial charge in [-0.15, -0.1) is 11.3 Å². The van der Waals surface area contributed by atoms with Crippen molar-refractivity contribution in [3.05, 3.63) is 69.5 Å². The van der Waals surface area contributed by atoms with Gasteiger partial charge in [0.15, 0.2) is 5.13 Å². The number of rotatable bonds is 3. The Balaban J connectivity index is 1.60. The average molecular weight is 437 g/mol. The average Bonchev–Trinajstić information content (AvgIpc) is 3.11. The molecule has 0 saturated heterocycles. The highest BCUT2D eigenvalue weighted by Gasteiger charge is 2.26. The molecule has 0 amide bonds. The maximum Gasteiger partial charge on any atom is 0.187 e. The van der Waals surface area contributed by atoms with Crippen molar-refractivity contribution < 1.29 is 4.74 Å². The van der Waals surface area contributed by atoms with Crippen LogP contribution in [0.15, 0.2) is 59.1 Å². The quantitative estimate of drug-likeness (QED) is 0.393. The highest BCUT2D eigenvalue weighted by atomic mass is 79.9. The first-order valence-electron chi connectivity index (χ1n) is 8.85. The van der Waals surface area contributed by atoms with Crippen molar-refractivity contribution in [2.75, 3.05) is 12.4 Å². The molecule has 0 bridgehead atoms. The zero-order chi connectivity index (χ0) is 18.4. The fourth-order valence-corrected chi connectivity index (χ4v) is 5.24. The van der Waals surface area contributed by atoms with Crippen LogP contribution in [0.5, 0.6) is 5.75 Å². The van der Waals surface area contributed by atoms with Crippen LogP contribution in [0.3, 0.4) is 0 Å². The number of aryl methyl sites for hydroxylation is 1. The second kappa shape index (κ2) is 6.66. The molecule has 4 aromatic rings. The van der Waals surface area contributed by atoms with Crippen molar-refractivity contribution in [1.82, 2.24) is 4.98 Å². The molecule has 3 aromatic carbocycles. The SMILES string of the molecule is COc1ccc(Br)c2c1-c1nc(Nc3cccc4ccccc34)sc1CC2. The van der Waals surface area contributed by atoms with E-state index in [1.165, 1.54) is 21.2 Å². The minimum atomic E-state index is 0.885. The van der Waals surface area contributed by atoms with Gasteiger partial charge in [-0.3, -0.25) is 0 Å². The second-order valence-electron chi connectivity index (χ2n) is 6.55. The van der Waals surface area contributed by atoms with Crippen LogP contribution < -0.4 is 10.1 Å². The summed E-state index contributed by atoms with van der Waals surface area (Å²) in [6.45, 7) is 0. The van der Waals surface area contributed by atoms with E-state index in [0.29, 0.717) is 0 Å². The third-order valence-electron chi connectivity index (χ3n) is 5.00. The summed E-state index contributed by atoms with van der Waals surface area (Å²) in [6, 6.07) is 18.8. The molecule has 1 aliphatic carbocycles. The number of nitrogens with zero attached hydrogens (tertiary/aromatic N) is 1. The predicted octanol–water partition coefficient (Wildman–Crippen LogP) is 6.58. The largest absolute Gasteiger partial charge is 0.496 e. The van der Waals surface area contributed by atoms with Gasteiger partial charge in [0.05, 0.1) is 12.8 Å². The lowest BCUT2D eigenvalue weighted by atomic mass is 9.93. The summed E-state index contributed by atoms with van der Waals surface area (Å²) in [5.74, 6) is 0.885. The normalized spacial score (nSPS) is 12.5. The Labute approximate surface area is 170 Å². The first-order valence-corrected chi connectivity index (χ1v) is 10.5. The van der Waals surface area contributed by atoms with Crippen LogP contribution in [0.4, 0.5) is 10.8 Å². The van der Waals surface area contributed by atoms with E-state index in [9.17, 15) is 0 Å². The fraction of sp³-hybridized carbons (Fsp3) is 0.136. The number of halogens is 1. The van der Waals surface area contributed by atoms with Gasteiger partial charge in [0.1, 0.15) is 5.75 Å². The standard InChI is InChI=1S/C22H17BrN2OS/c1-26-18-11-10-16(23)15-9-12-19-21(20(15)18)25-22(27-19)24-17-8-4-6-13-5-2-3-7-14(13)17/h2-8,10-11H,9,12H2,1H3,(H,24,25). The van der Waals surface area contributed by atoms with Crippen molar-refractivity contribution in [2.45, 2.75) is 12.8 Å². The molecule has 1 aliphatic rings. The minimum absolute atomic E-state index is 0.885. The first-order chi connectivity index (χ1) is 13.2. The molecule has 0 saturated carbocycles. The van der Waals surface area contributed by atoms with Crippen molar-refractivity contribution in [3.8, 4) is 17.0 Å². The number of methoxy groups -OCH3 is 1. The number of nitrogens with one attached hydrogen (secondary N) is 1. The van der Waals surface area contributed by atoms with E-state index in [4.69, 9.17) is 9.72 Å². The van der Waals surface area contributed by atoms with Gasteiger partial charge in [-0.1, -0.05) is 52.3 Å². The molecule has 5 rings (SSSR count). The lowest BCUT2D eigenvalue weighted by Gasteiger charge is -2.19. The number of benzene rings is 3. The monoisotopic (exact) mass is 436 g/mol. The van der Waals surface area contributed by atoms with Gasteiger partial charge in [0, 0.05) is 26.0 Å². The molecule has 1 aromatic heterocycles. The van der Waals surface area contributed by atoms with Crippen LogP contribution in [0, 0.1) is 0 Å². The topological polar surface area (TPSA) is 34.1 Å². The molecule has 0 atom stereocenters. The lowest BCUT2D eigenvalue weighted by molar-refractivity contribution is 0.415. The van der Waals surface area contributed by atoms with Crippen molar-refractivity contribution >= 4 is 48.9 Å². The van der Waals surface area contributed by atoms with Crippen LogP contribution in [0.25, 0.3) is 22.0 Å². The van der Waals surface area contributed by atoms with Gasteiger partial charge in [-0.05, 0) is 42.0 Å². The lowest BCUT2D eigenvalue weighted by Crippen LogP contribution is -2.05.